The quantitative estimate of drug-likeness (QED) is 0.484. The maximum Gasteiger partial charge on any atom is 0.260 e. The van der Waals surface area contributed by atoms with Crippen molar-refractivity contribution >= 4 is 43.4 Å². The van der Waals surface area contributed by atoms with E-state index in [9.17, 15) is 4.79 Å². The van der Waals surface area contributed by atoms with Gasteiger partial charge in [0.25, 0.3) is 5.91 Å². The van der Waals surface area contributed by atoms with Gasteiger partial charge < -0.3 is 4.90 Å². The van der Waals surface area contributed by atoms with Crippen LogP contribution in [0.15, 0.2) is 60.7 Å². The first-order valence-corrected chi connectivity index (χ1v) is 10.2. The third-order valence-corrected chi connectivity index (χ3v) is 5.84. The van der Waals surface area contributed by atoms with Gasteiger partial charge >= 0.3 is 0 Å². The molecule has 0 aliphatic rings. The molecule has 0 radical (unpaired) electrons. The summed E-state index contributed by atoms with van der Waals surface area (Å²) in [5.74, 6) is -0.00516. The predicted molar refractivity (Wildman–Crippen MR) is 119 cm³/mol. The van der Waals surface area contributed by atoms with Crippen LogP contribution in [-0.2, 0) is 0 Å². The first kappa shape index (κ1) is 18.6. The Balaban J connectivity index is 1.79. The van der Waals surface area contributed by atoms with Crippen LogP contribution >= 0.6 is 11.3 Å². The number of anilines is 1. The Morgan fingerprint density at radius 1 is 1.00 bits per heavy atom. The fourth-order valence-corrected chi connectivity index (χ4v) is 4.36. The van der Waals surface area contributed by atoms with Crippen LogP contribution in [0.2, 0.25) is 0 Å². The van der Waals surface area contributed by atoms with Crippen LogP contribution in [0.3, 0.4) is 0 Å². The number of rotatable bonds is 5. The highest BCUT2D eigenvalue weighted by Crippen LogP contribution is 2.31. The van der Waals surface area contributed by atoms with E-state index in [2.05, 4.69) is 24.0 Å². The Morgan fingerprint density at radius 2 is 1.79 bits per heavy atom. The summed E-state index contributed by atoms with van der Waals surface area (Å²) in [6.45, 7) is 3.43. The van der Waals surface area contributed by atoms with Crippen molar-refractivity contribution in [3.63, 3.8) is 0 Å². The number of aromatic nitrogens is 1. The molecule has 0 fully saturated rings. The molecule has 0 bridgehead atoms. The Hall–Kier alpha value is -2.76. The van der Waals surface area contributed by atoms with E-state index in [1.165, 1.54) is 5.56 Å². The molecule has 3 aromatic carbocycles. The maximum atomic E-state index is 13.6. The van der Waals surface area contributed by atoms with E-state index < -0.39 is 0 Å². The van der Waals surface area contributed by atoms with E-state index in [4.69, 9.17) is 4.98 Å². The summed E-state index contributed by atoms with van der Waals surface area (Å²) in [5, 5.41) is 2.79. The fraction of sp³-hybridized carbons (Fsp3) is 0.217. The molecular formula is C23H23N3OS. The van der Waals surface area contributed by atoms with Gasteiger partial charge in [-0.15, -0.1) is 0 Å². The van der Waals surface area contributed by atoms with E-state index in [1.807, 2.05) is 67.5 Å². The molecular weight excluding hydrogens is 366 g/mol. The molecule has 1 aromatic heterocycles. The topological polar surface area (TPSA) is 36.4 Å². The summed E-state index contributed by atoms with van der Waals surface area (Å²) in [7, 11) is 4.03. The van der Waals surface area contributed by atoms with Gasteiger partial charge in [-0.25, -0.2) is 4.98 Å². The number of aryl methyl sites for hydroxylation is 1. The number of amides is 1. The second kappa shape index (κ2) is 7.70. The zero-order valence-electron chi connectivity index (χ0n) is 16.3. The Bertz CT molecular complexity index is 1140. The van der Waals surface area contributed by atoms with Gasteiger partial charge in [-0.2, -0.15) is 0 Å². The minimum Gasteiger partial charge on any atom is -0.308 e. The largest absolute Gasteiger partial charge is 0.308 e. The molecule has 0 aliphatic carbocycles. The summed E-state index contributed by atoms with van der Waals surface area (Å²) in [4.78, 5) is 22.3. The van der Waals surface area contributed by atoms with Gasteiger partial charge in [0.2, 0.25) is 0 Å². The van der Waals surface area contributed by atoms with Gasteiger partial charge in [0, 0.05) is 18.7 Å². The standard InChI is InChI=1S/C23H23N3OS/c1-16-11-12-20-21(15-16)28-23(24-20)26(14-13-25(2)3)22(27)19-10-6-8-17-7-4-5-9-18(17)19/h4-12,15H,13-14H2,1-3H3. The molecule has 28 heavy (non-hydrogen) atoms. The Labute approximate surface area is 169 Å². The molecule has 1 amide bonds. The lowest BCUT2D eigenvalue weighted by atomic mass is 10.0. The summed E-state index contributed by atoms with van der Waals surface area (Å²) in [5.41, 5.74) is 2.85. The average Bonchev–Trinajstić information content (AvgIpc) is 3.10. The molecule has 4 nitrogen and oxygen atoms in total. The molecule has 0 saturated carbocycles. The lowest BCUT2D eigenvalue weighted by Crippen LogP contribution is -2.36. The maximum absolute atomic E-state index is 13.6. The van der Waals surface area contributed by atoms with E-state index in [1.54, 1.807) is 11.3 Å². The van der Waals surface area contributed by atoms with Gasteiger partial charge in [-0.3, -0.25) is 9.69 Å². The molecule has 0 unspecified atom stereocenters. The lowest BCUT2D eigenvalue weighted by Gasteiger charge is -2.22. The minimum atomic E-state index is -0.00516. The second-order valence-corrected chi connectivity index (χ2v) is 8.26. The number of carbonyl (C=O) groups excluding carboxylic acids is 1. The lowest BCUT2D eigenvalue weighted by molar-refractivity contribution is 0.0987. The van der Waals surface area contributed by atoms with Crippen LogP contribution in [-0.4, -0.2) is 43.0 Å². The predicted octanol–water partition coefficient (Wildman–Crippen LogP) is 4.97. The molecule has 4 aromatic rings. The number of thiazole rings is 1. The van der Waals surface area contributed by atoms with Crippen molar-refractivity contribution in [1.82, 2.24) is 9.88 Å². The first-order chi connectivity index (χ1) is 13.5. The van der Waals surface area contributed by atoms with Gasteiger partial charge in [-0.1, -0.05) is 53.8 Å². The van der Waals surface area contributed by atoms with E-state index in [0.717, 1.165) is 32.7 Å². The van der Waals surface area contributed by atoms with Gasteiger partial charge in [0.15, 0.2) is 5.13 Å². The molecule has 5 heteroatoms. The van der Waals surface area contributed by atoms with Crippen molar-refractivity contribution in [3.05, 3.63) is 71.8 Å². The molecule has 0 N–H and O–H groups in total. The molecule has 1 heterocycles. The number of hydrogen-bond donors (Lipinski definition) is 0. The highest BCUT2D eigenvalue weighted by atomic mass is 32.1. The highest BCUT2D eigenvalue weighted by Gasteiger charge is 2.22. The molecule has 142 valence electrons. The van der Waals surface area contributed by atoms with Crippen LogP contribution in [0.1, 0.15) is 15.9 Å². The van der Waals surface area contributed by atoms with Crippen LogP contribution in [0, 0.1) is 6.92 Å². The number of hydrogen-bond acceptors (Lipinski definition) is 4. The van der Waals surface area contributed by atoms with Crippen molar-refractivity contribution < 1.29 is 4.79 Å². The normalized spacial score (nSPS) is 11.4. The third-order valence-electron chi connectivity index (χ3n) is 4.80. The highest BCUT2D eigenvalue weighted by molar-refractivity contribution is 7.22. The number of benzene rings is 3. The zero-order chi connectivity index (χ0) is 19.7. The number of likely N-dealkylation sites (N-methyl/N-ethyl adjacent to an activating group) is 1. The molecule has 0 saturated heterocycles. The minimum absolute atomic E-state index is 0.00516. The summed E-state index contributed by atoms with van der Waals surface area (Å²) >= 11 is 1.58. The second-order valence-electron chi connectivity index (χ2n) is 7.25. The fourth-order valence-electron chi connectivity index (χ4n) is 3.28. The van der Waals surface area contributed by atoms with Gasteiger partial charge in [0.05, 0.1) is 10.2 Å². The molecule has 0 aliphatic heterocycles. The first-order valence-electron chi connectivity index (χ1n) is 9.34. The smallest absolute Gasteiger partial charge is 0.260 e. The summed E-state index contributed by atoms with van der Waals surface area (Å²) in [6.07, 6.45) is 0. The van der Waals surface area contributed by atoms with Crippen molar-refractivity contribution in [3.8, 4) is 0 Å². The van der Waals surface area contributed by atoms with Gasteiger partial charge in [-0.05, 0) is 55.6 Å². The number of fused-ring (bicyclic) bond motifs is 2. The van der Waals surface area contributed by atoms with E-state index in [0.29, 0.717) is 12.1 Å². The molecule has 4 rings (SSSR count). The van der Waals surface area contributed by atoms with E-state index >= 15 is 0 Å². The van der Waals surface area contributed by atoms with Crippen LogP contribution < -0.4 is 4.90 Å². The average molecular weight is 390 g/mol. The third kappa shape index (κ3) is 3.63. The van der Waals surface area contributed by atoms with Gasteiger partial charge in [0.1, 0.15) is 0 Å². The zero-order valence-corrected chi connectivity index (χ0v) is 17.2. The van der Waals surface area contributed by atoms with Crippen LogP contribution in [0.4, 0.5) is 5.13 Å². The van der Waals surface area contributed by atoms with Crippen molar-refractivity contribution in [2.45, 2.75) is 6.92 Å². The molecule has 0 spiro atoms. The summed E-state index contributed by atoms with van der Waals surface area (Å²) < 4.78 is 1.11. The number of nitrogens with zero attached hydrogens (tertiary/aromatic N) is 3. The van der Waals surface area contributed by atoms with Crippen LogP contribution in [0.5, 0.6) is 0 Å². The Kier molecular flexibility index (Phi) is 5.11. The van der Waals surface area contributed by atoms with Crippen molar-refractivity contribution in [1.29, 1.82) is 0 Å². The number of carbonyl (C=O) groups is 1. The van der Waals surface area contributed by atoms with Crippen molar-refractivity contribution in [2.75, 3.05) is 32.1 Å². The van der Waals surface area contributed by atoms with Crippen molar-refractivity contribution in [2.24, 2.45) is 0 Å². The monoisotopic (exact) mass is 389 g/mol. The Morgan fingerprint density at radius 3 is 2.61 bits per heavy atom. The van der Waals surface area contributed by atoms with E-state index in [-0.39, 0.29) is 5.91 Å². The summed E-state index contributed by atoms with van der Waals surface area (Å²) in [6, 6.07) is 20.1. The molecule has 0 atom stereocenters. The SMILES string of the molecule is Cc1ccc2nc(N(CCN(C)C)C(=O)c3cccc4ccccc34)sc2c1. The van der Waals surface area contributed by atoms with Crippen LogP contribution in [0.25, 0.3) is 21.0 Å².